The molecule has 0 bridgehead atoms. The largest absolute Gasteiger partial charge is 0.479 e. The first-order valence-electron chi connectivity index (χ1n) is 8.27. The van der Waals surface area contributed by atoms with Crippen LogP contribution in [0, 0.1) is 0 Å². The van der Waals surface area contributed by atoms with Crippen LogP contribution in [-0.4, -0.2) is 62.9 Å². The van der Waals surface area contributed by atoms with E-state index >= 15 is 0 Å². The number of rotatable bonds is 7. The molecule has 0 rings (SSSR count). The summed E-state index contributed by atoms with van der Waals surface area (Å²) < 4.78 is 17.2. The van der Waals surface area contributed by atoms with Crippen LogP contribution in [0.25, 0.3) is 0 Å². The smallest absolute Gasteiger partial charge is 0.344 e. The van der Waals surface area contributed by atoms with Crippen LogP contribution in [0.5, 0.6) is 0 Å². The van der Waals surface area contributed by atoms with Gasteiger partial charge in [-0.25, -0.2) is 4.79 Å². The molecule has 1 N–H and O–H groups in total. The molecule has 25 heavy (non-hydrogen) atoms. The summed E-state index contributed by atoms with van der Waals surface area (Å²) in [5.74, 6) is -2.08. The fourth-order valence-corrected chi connectivity index (χ4v) is 2.08. The van der Waals surface area contributed by atoms with Gasteiger partial charge in [0.15, 0.2) is 17.4 Å². The fraction of sp³-hybridized carbons (Fsp3) is 0.889. The van der Waals surface area contributed by atoms with Gasteiger partial charge in [-0.15, -0.1) is 0 Å². The van der Waals surface area contributed by atoms with Gasteiger partial charge < -0.3 is 19.3 Å². The van der Waals surface area contributed by atoms with Crippen molar-refractivity contribution < 1.29 is 28.9 Å². The molecular formula is C18H37AlO6. The van der Waals surface area contributed by atoms with E-state index in [1.165, 1.54) is 0 Å². The van der Waals surface area contributed by atoms with E-state index in [4.69, 9.17) is 14.2 Å². The number of ketones is 1. The molecule has 0 aromatic carbocycles. The molecule has 0 aliphatic heterocycles. The van der Waals surface area contributed by atoms with E-state index in [-0.39, 0.29) is 23.8 Å². The van der Waals surface area contributed by atoms with E-state index < -0.39 is 40.4 Å². The topological polar surface area (TPSA) is 82.1 Å². The molecule has 0 heterocycles. The van der Waals surface area contributed by atoms with Crippen LogP contribution in [0.15, 0.2) is 0 Å². The molecule has 0 radical (unpaired) electrons. The Balaban J connectivity index is 0. The van der Waals surface area contributed by atoms with Crippen LogP contribution < -0.4 is 0 Å². The minimum absolute atomic E-state index is 0. The minimum Gasteiger partial charge on any atom is -0.479 e. The molecule has 0 aromatic heterocycles. The Hall–Kier alpha value is -0.448. The van der Waals surface area contributed by atoms with Crippen molar-refractivity contribution in [1.82, 2.24) is 0 Å². The third kappa shape index (κ3) is 9.16. The van der Waals surface area contributed by atoms with Crippen molar-refractivity contribution in [2.24, 2.45) is 0 Å². The molecule has 0 saturated carbocycles. The Morgan fingerprint density at radius 2 is 1.20 bits per heavy atom. The van der Waals surface area contributed by atoms with Gasteiger partial charge in [-0.3, -0.25) is 4.79 Å². The standard InChI is InChI=1S/C18H34O6.Al.3H/c1-11-18(14(20)21,24-17(8,9)10)12(19)13(22-15(2,3)4)23-16(5,6)7;;;;/h13H,11H2,1-10H3,(H,20,21);;;;. The summed E-state index contributed by atoms with van der Waals surface area (Å²) >= 11 is 0. The Bertz CT molecular complexity index is 440. The highest BCUT2D eigenvalue weighted by atomic mass is 27.0. The van der Waals surface area contributed by atoms with Crippen molar-refractivity contribution in [2.45, 2.75) is 104 Å². The third-order valence-corrected chi connectivity index (χ3v) is 2.86. The summed E-state index contributed by atoms with van der Waals surface area (Å²) in [6, 6.07) is 0. The average Bonchev–Trinajstić information content (AvgIpc) is 2.29. The number of aliphatic carboxylic acids is 1. The van der Waals surface area contributed by atoms with Crippen LogP contribution in [0.2, 0.25) is 0 Å². The zero-order valence-corrected chi connectivity index (χ0v) is 16.8. The molecule has 0 spiro atoms. The molecule has 0 fully saturated rings. The summed E-state index contributed by atoms with van der Waals surface area (Å²) in [7, 11) is 0. The number of carbonyl (C=O) groups excluding carboxylic acids is 1. The lowest BCUT2D eigenvalue weighted by Crippen LogP contribution is -2.58. The summed E-state index contributed by atoms with van der Waals surface area (Å²) in [6.45, 7) is 17.4. The van der Waals surface area contributed by atoms with E-state index in [2.05, 4.69) is 0 Å². The number of Topliss-reactive ketones (excluding diaryl/α,β-unsaturated/α-hetero) is 1. The minimum atomic E-state index is -2.03. The molecule has 1 atom stereocenters. The van der Waals surface area contributed by atoms with Gasteiger partial charge in [0, 0.05) is 0 Å². The van der Waals surface area contributed by atoms with Crippen molar-refractivity contribution in [3.8, 4) is 0 Å². The van der Waals surface area contributed by atoms with Crippen molar-refractivity contribution in [1.29, 1.82) is 0 Å². The monoisotopic (exact) mass is 376 g/mol. The van der Waals surface area contributed by atoms with Gasteiger partial charge in [0.05, 0.1) is 16.8 Å². The summed E-state index contributed by atoms with van der Waals surface area (Å²) in [5, 5.41) is 9.75. The first-order chi connectivity index (χ1) is 10.4. The lowest BCUT2D eigenvalue weighted by Gasteiger charge is -2.39. The number of carboxylic acids is 1. The number of carboxylic acid groups (broad SMARTS) is 1. The van der Waals surface area contributed by atoms with Gasteiger partial charge in [0.2, 0.25) is 17.7 Å². The molecule has 1 unspecified atom stereocenters. The zero-order valence-electron chi connectivity index (χ0n) is 16.8. The highest BCUT2D eigenvalue weighted by molar-refractivity contribution is 6.08. The van der Waals surface area contributed by atoms with E-state index in [1.807, 2.05) is 0 Å². The van der Waals surface area contributed by atoms with Gasteiger partial charge in [0.25, 0.3) is 0 Å². The maximum Gasteiger partial charge on any atom is 0.344 e. The van der Waals surface area contributed by atoms with Crippen LogP contribution in [0.4, 0.5) is 0 Å². The summed E-state index contributed by atoms with van der Waals surface area (Å²) in [6.07, 6.45) is -1.38. The molecule has 0 aliphatic rings. The summed E-state index contributed by atoms with van der Waals surface area (Å²) in [5.41, 5.74) is -4.23. The van der Waals surface area contributed by atoms with Crippen LogP contribution in [-0.2, 0) is 23.8 Å². The highest BCUT2D eigenvalue weighted by Crippen LogP contribution is 2.30. The summed E-state index contributed by atoms with van der Waals surface area (Å²) in [4.78, 5) is 25.1. The second kappa shape index (κ2) is 8.97. The van der Waals surface area contributed by atoms with Gasteiger partial charge in [-0.05, 0) is 68.7 Å². The SMILES string of the molecule is CCC(OC(C)(C)C)(C(=O)O)C(=O)C(OC(C)(C)C)OC(C)(C)C.[AlH3]. The molecule has 6 nitrogen and oxygen atoms in total. The average molecular weight is 376 g/mol. The van der Waals surface area contributed by atoms with Gasteiger partial charge in [-0.1, -0.05) is 6.92 Å². The Kier molecular flexibility index (Phi) is 9.60. The Morgan fingerprint density at radius 3 is 1.40 bits per heavy atom. The van der Waals surface area contributed by atoms with Crippen molar-refractivity contribution >= 4 is 29.1 Å². The molecule has 7 heteroatoms. The molecule has 148 valence electrons. The Morgan fingerprint density at radius 1 is 0.840 bits per heavy atom. The predicted molar refractivity (Wildman–Crippen MR) is 102 cm³/mol. The van der Waals surface area contributed by atoms with Crippen LogP contribution in [0.3, 0.4) is 0 Å². The van der Waals surface area contributed by atoms with E-state index in [1.54, 1.807) is 69.2 Å². The predicted octanol–water partition coefficient (Wildman–Crippen LogP) is 2.38. The van der Waals surface area contributed by atoms with Crippen LogP contribution in [0.1, 0.15) is 75.7 Å². The molecule has 0 aliphatic carbocycles. The van der Waals surface area contributed by atoms with Gasteiger partial charge in [-0.2, -0.15) is 0 Å². The van der Waals surface area contributed by atoms with Crippen molar-refractivity contribution in [3.05, 3.63) is 0 Å². The lowest BCUT2D eigenvalue weighted by molar-refractivity contribution is -0.246. The number of carbonyl (C=O) groups is 2. The molecule has 0 saturated heterocycles. The van der Waals surface area contributed by atoms with Crippen LogP contribution >= 0.6 is 0 Å². The lowest BCUT2D eigenvalue weighted by atomic mass is 9.92. The Labute approximate surface area is 162 Å². The molecular weight excluding hydrogens is 339 g/mol. The third-order valence-electron chi connectivity index (χ3n) is 2.86. The molecule has 0 aromatic rings. The number of ether oxygens (including phenoxy) is 3. The number of hydrogen-bond acceptors (Lipinski definition) is 5. The van der Waals surface area contributed by atoms with Gasteiger partial charge in [0.1, 0.15) is 0 Å². The second-order valence-corrected chi connectivity index (χ2v) is 8.86. The highest BCUT2D eigenvalue weighted by Gasteiger charge is 2.53. The first kappa shape index (κ1) is 26.8. The zero-order chi connectivity index (χ0) is 19.6. The fourth-order valence-electron chi connectivity index (χ4n) is 2.08. The molecule has 0 amide bonds. The van der Waals surface area contributed by atoms with E-state index in [0.717, 1.165) is 0 Å². The van der Waals surface area contributed by atoms with Crippen molar-refractivity contribution in [2.75, 3.05) is 0 Å². The van der Waals surface area contributed by atoms with Crippen molar-refractivity contribution in [3.63, 3.8) is 0 Å². The normalized spacial score (nSPS) is 15.5. The van der Waals surface area contributed by atoms with E-state index in [9.17, 15) is 14.7 Å². The maximum atomic E-state index is 13.1. The maximum absolute atomic E-state index is 13.1. The number of hydrogen-bond donors (Lipinski definition) is 1. The van der Waals surface area contributed by atoms with E-state index in [0.29, 0.717) is 0 Å². The first-order valence-corrected chi connectivity index (χ1v) is 8.27. The quantitative estimate of drug-likeness (QED) is 0.417. The second-order valence-electron chi connectivity index (χ2n) is 8.86. The van der Waals surface area contributed by atoms with Gasteiger partial charge >= 0.3 is 5.97 Å².